The predicted molar refractivity (Wildman–Crippen MR) is 91.5 cm³/mol. The van der Waals surface area contributed by atoms with E-state index < -0.39 is 17.6 Å². The van der Waals surface area contributed by atoms with Gasteiger partial charge in [-0.05, 0) is 35.9 Å². The summed E-state index contributed by atoms with van der Waals surface area (Å²) in [5, 5.41) is 11.0. The molecule has 2 aromatic rings. The van der Waals surface area contributed by atoms with E-state index >= 15 is 0 Å². The van der Waals surface area contributed by atoms with Crippen molar-refractivity contribution in [1.82, 2.24) is 0 Å². The largest absolute Gasteiger partial charge is 0.502 e. The summed E-state index contributed by atoms with van der Waals surface area (Å²) in [4.78, 5) is 26.0. The highest BCUT2D eigenvalue weighted by molar-refractivity contribution is 6.45. The Morgan fingerprint density at radius 2 is 1.58 bits per heavy atom. The Bertz CT molecular complexity index is 875. The summed E-state index contributed by atoms with van der Waals surface area (Å²) in [5.74, 6) is -1.86. The maximum Gasteiger partial charge on any atom is 0.301 e. The van der Waals surface area contributed by atoms with Crippen LogP contribution in [-0.2, 0) is 9.59 Å². The number of ether oxygens (including phenoxy) is 1. The second-order valence-corrected chi connectivity index (χ2v) is 5.87. The molecule has 122 valence electrons. The van der Waals surface area contributed by atoms with Gasteiger partial charge in [0.1, 0.15) is 5.75 Å². The molecule has 0 radical (unpaired) electrons. The van der Waals surface area contributed by atoms with E-state index in [0.29, 0.717) is 15.6 Å². The smallest absolute Gasteiger partial charge is 0.301 e. The third kappa shape index (κ3) is 2.62. The lowest BCUT2D eigenvalue weighted by atomic mass is 10.1. The first-order valence-corrected chi connectivity index (χ1v) is 7.61. The number of carbonyl (C=O) groups is 2. The zero-order chi connectivity index (χ0) is 17.4. The van der Waals surface area contributed by atoms with E-state index in [-0.39, 0.29) is 17.0 Å². The third-order valence-electron chi connectivity index (χ3n) is 3.57. The number of rotatable bonds is 3. The average Bonchev–Trinajstić information content (AvgIpc) is 2.78. The van der Waals surface area contributed by atoms with Gasteiger partial charge in [0.25, 0.3) is 5.91 Å². The Labute approximate surface area is 147 Å². The summed E-state index contributed by atoms with van der Waals surface area (Å²) >= 11 is 11.8. The lowest BCUT2D eigenvalue weighted by Gasteiger charge is -2.18. The molecule has 1 heterocycles. The first-order valence-electron chi connectivity index (χ1n) is 6.85. The lowest BCUT2D eigenvalue weighted by Crippen LogP contribution is -2.31. The van der Waals surface area contributed by atoms with Crippen molar-refractivity contribution in [2.45, 2.75) is 0 Å². The number of aliphatic hydroxyl groups excluding tert-OH is 1. The zero-order valence-corrected chi connectivity index (χ0v) is 13.9. The van der Waals surface area contributed by atoms with E-state index in [4.69, 9.17) is 27.9 Å². The predicted octanol–water partition coefficient (Wildman–Crippen LogP) is 3.84. The Hall–Kier alpha value is -2.50. The van der Waals surface area contributed by atoms with Crippen LogP contribution in [0.25, 0.3) is 5.57 Å². The second-order valence-electron chi connectivity index (χ2n) is 4.99. The summed E-state index contributed by atoms with van der Waals surface area (Å²) in [7, 11) is 1.41. The average molecular weight is 364 g/mol. The van der Waals surface area contributed by atoms with Crippen molar-refractivity contribution < 1.29 is 19.4 Å². The number of amides is 2. The molecule has 1 aliphatic rings. The number of benzene rings is 2. The Balaban J connectivity index is 2.09. The fraction of sp³-hybridized carbons (Fsp3) is 0.0588. The number of imide groups is 1. The van der Waals surface area contributed by atoms with Crippen molar-refractivity contribution in [3.05, 3.63) is 63.8 Å². The minimum atomic E-state index is -0.842. The van der Waals surface area contributed by atoms with Gasteiger partial charge >= 0.3 is 5.91 Å². The monoisotopic (exact) mass is 363 g/mol. The maximum absolute atomic E-state index is 12.7. The van der Waals surface area contributed by atoms with Crippen LogP contribution in [0.3, 0.4) is 0 Å². The van der Waals surface area contributed by atoms with Gasteiger partial charge in [-0.15, -0.1) is 0 Å². The fourth-order valence-corrected chi connectivity index (χ4v) is 2.74. The lowest BCUT2D eigenvalue weighted by molar-refractivity contribution is -0.121. The molecule has 0 spiro atoms. The minimum absolute atomic E-state index is 0.0984. The summed E-state index contributed by atoms with van der Waals surface area (Å²) in [6, 6.07) is 10.8. The molecule has 0 atom stereocenters. The number of hydrogen-bond acceptors (Lipinski definition) is 4. The van der Waals surface area contributed by atoms with Gasteiger partial charge in [0.2, 0.25) is 0 Å². The van der Waals surface area contributed by atoms with Gasteiger partial charge in [-0.25, -0.2) is 4.90 Å². The van der Waals surface area contributed by atoms with Crippen LogP contribution in [0.5, 0.6) is 5.75 Å². The van der Waals surface area contributed by atoms with Crippen molar-refractivity contribution in [1.29, 1.82) is 0 Å². The topological polar surface area (TPSA) is 66.8 Å². The number of nitrogens with zero attached hydrogens (tertiary/aromatic N) is 1. The molecule has 0 bridgehead atoms. The highest BCUT2D eigenvalue weighted by Crippen LogP contribution is 2.38. The van der Waals surface area contributed by atoms with Crippen molar-refractivity contribution >= 4 is 46.3 Å². The third-order valence-corrected chi connectivity index (χ3v) is 4.06. The summed E-state index contributed by atoms with van der Waals surface area (Å²) in [6.07, 6.45) is 0. The van der Waals surface area contributed by atoms with Gasteiger partial charge in [0.15, 0.2) is 5.76 Å². The molecule has 7 heteroatoms. The minimum Gasteiger partial charge on any atom is -0.502 e. The van der Waals surface area contributed by atoms with E-state index in [0.717, 1.165) is 4.90 Å². The summed E-state index contributed by atoms with van der Waals surface area (Å²) in [6.45, 7) is 0. The Morgan fingerprint density at radius 3 is 2.21 bits per heavy atom. The number of halogens is 2. The van der Waals surface area contributed by atoms with Crippen molar-refractivity contribution in [3.63, 3.8) is 0 Å². The molecule has 0 saturated heterocycles. The molecular formula is C17H11Cl2NO4. The molecule has 5 nitrogen and oxygen atoms in total. The number of aliphatic hydroxyl groups is 1. The second kappa shape index (κ2) is 6.19. The number of hydrogen-bond donors (Lipinski definition) is 1. The molecule has 0 aromatic heterocycles. The highest BCUT2D eigenvalue weighted by atomic mass is 35.5. The van der Waals surface area contributed by atoms with Gasteiger partial charge in [-0.1, -0.05) is 35.3 Å². The quantitative estimate of drug-likeness (QED) is 0.841. The highest BCUT2D eigenvalue weighted by Gasteiger charge is 2.41. The molecule has 1 N–H and O–H groups in total. The molecule has 0 saturated carbocycles. The van der Waals surface area contributed by atoms with E-state index in [1.165, 1.54) is 19.2 Å². The SMILES string of the molecule is COc1ccc(Cl)cc1N1C(=O)C(O)=C(c2ccc(Cl)cc2)C1=O. The maximum atomic E-state index is 12.7. The Kier molecular flexibility index (Phi) is 4.22. The molecular weight excluding hydrogens is 353 g/mol. The van der Waals surface area contributed by atoms with E-state index in [1.807, 2.05) is 0 Å². The molecule has 3 rings (SSSR count). The van der Waals surface area contributed by atoms with E-state index in [9.17, 15) is 14.7 Å². The molecule has 24 heavy (non-hydrogen) atoms. The van der Waals surface area contributed by atoms with Gasteiger partial charge in [0, 0.05) is 10.0 Å². The molecule has 0 aliphatic carbocycles. The van der Waals surface area contributed by atoms with Gasteiger partial charge in [-0.2, -0.15) is 0 Å². The number of carbonyl (C=O) groups excluding carboxylic acids is 2. The van der Waals surface area contributed by atoms with Crippen LogP contribution in [0.4, 0.5) is 5.69 Å². The van der Waals surface area contributed by atoms with Crippen LogP contribution in [-0.4, -0.2) is 24.0 Å². The molecule has 1 aliphatic heterocycles. The van der Waals surface area contributed by atoms with Crippen molar-refractivity contribution in [2.75, 3.05) is 12.0 Å². The van der Waals surface area contributed by atoms with Crippen LogP contribution < -0.4 is 9.64 Å². The van der Waals surface area contributed by atoms with Crippen LogP contribution in [0, 0.1) is 0 Å². The summed E-state index contributed by atoms with van der Waals surface area (Å²) in [5.41, 5.74) is 0.452. The van der Waals surface area contributed by atoms with E-state index in [2.05, 4.69) is 0 Å². The van der Waals surface area contributed by atoms with E-state index in [1.54, 1.807) is 30.3 Å². The van der Waals surface area contributed by atoms with Crippen molar-refractivity contribution in [3.8, 4) is 5.75 Å². The number of anilines is 1. The fourth-order valence-electron chi connectivity index (χ4n) is 2.45. The van der Waals surface area contributed by atoms with Crippen LogP contribution >= 0.6 is 23.2 Å². The zero-order valence-electron chi connectivity index (χ0n) is 12.4. The van der Waals surface area contributed by atoms with Gasteiger partial charge in [-0.3, -0.25) is 9.59 Å². The molecule has 2 aromatic carbocycles. The molecule has 2 amide bonds. The first-order chi connectivity index (χ1) is 11.4. The van der Waals surface area contributed by atoms with Crippen molar-refractivity contribution in [2.24, 2.45) is 0 Å². The van der Waals surface area contributed by atoms with Crippen LogP contribution in [0.1, 0.15) is 5.56 Å². The van der Waals surface area contributed by atoms with Gasteiger partial charge < -0.3 is 9.84 Å². The Morgan fingerprint density at radius 1 is 0.958 bits per heavy atom. The van der Waals surface area contributed by atoms with Gasteiger partial charge in [0.05, 0.1) is 18.4 Å². The molecule has 0 unspecified atom stereocenters. The van der Waals surface area contributed by atoms with Crippen LogP contribution in [0.2, 0.25) is 10.0 Å². The normalized spacial score (nSPS) is 14.5. The molecule has 0 fully saturated rings. The summed E-state index contributed by atoms with van der Waals surface area (Å²) < 4.78 is 5.18. The number of methoxy groups -OCH3 is 1. The van der Waals surface area contributed by atoms with Crippen LogP contribution in [0.15, 0.2) is 48.2 Å². The first kappa shape index (κ1) is 16.4. The standard InChI is InChI=1S/C17H11Cl2NO4/c1-24-13-7-6-11(19)8-12(13)20-16(22)14(15(21)17(20)23)9-2-4-10(18)5-3-9/h2-8,21H,1H3.